The van der Waals surface area contributed by atoms with Crippen molar-refractivity contribution in [3.63, 3.8) is 0 Å². The lowest BCUT2D eigenvalue weighted by atomic mass is 10.1. The van der Waals surface area contributed by atoms with Gasteiger partial charge >= 0.3 is 0 Å². The maximum Gasteiger partial charge on any atom is 0.259 e. The molecule has 3 rings (SSSR count). The summed E-state index contributed by atoms with van der Waals surface area (Å²) in [6.07, 6.45) is 2.42. The highest BCUT2D eigenvalue weighted by atomic mass is 16.5. The molecule has 1 aliphatic heterocycles. The minimum atomic E-state index is -0.153. The van der Waals surface area contributed by atoms with Crippen LogP contribution in [-0.4, -0.2) is 22.7 Å². The van der Waals surface area contributed by atoms with Crippen LogP contribution < -0.4 is 10.1 Å². The van der Waals surface area contributed by atoms with Gasteiger partial charge in [0.25, 0.3) is 5.91 Å². The van der Waals surface area contributed by atoms with Gasteiger partial charge in [-0.25, -0.2) is 0 Å². The number of hydrogen-bond donors (Lipinski definition) is 2. The molecule has 0 bridgehead atoms. The van der Waals surface area contributed by atoms with Crippen LogP contribution in [0.25, 0.3) is 0 Å². The lowest BCUT2D eigenvalue weighted by Gasteiger charge is -2.06. The highest BCUT2D eigenvalue weighted by Gasteiger charge is 2.14. The number of anilines is 1. The van der Waals surface area contributed by atoms with E-state index < -0.39 is 0 Å². The van der Waals surface area contributed by atoms with E-state index in [0.717, 1.165) is 29.1 Å². The summed E-state index contributed by atoms with van der Waals surface area (Å²) in [5.74, 6) is 0.757. The first kappa shape index (κ1) is 10.8. The number of carbonyl (C=O) groups is 1. The maximum absolute atomic E-state index is 12.0. The molecule has 0 atom stereocenters. The molecule has 1 aromatic heterocycles. The van der Waals surface area contributed by atoms with Crippen molar-refractivity contribution in [2.24, 2.45) is 0 Å². The number of carbonyl (C=O) groups excluding carboxylic acids is 1. The predicted molar refractivity (Wildman–Crippen MR) is 66.9 cm³/mol. The van der Waals surface area contributed by atoms with Crippen LogP contribution in [0.1, 0.15) is 21.6 Å². The highest BCUT2D eigenvalue weighted by Crippen LogP contribution is 2.28. The van der Waals surface area contributed by atoms with Crippen LogP contribution in [0.15, 0.2) is 24.4 Å². The Hall–Kier alpha value is -2.30. The van der Waals surface area contributed by atoms with Crippen molar-refractivity contribution in [2.75, 3.05) is 11.9 Å². The Morgan fingerprint density at radius 3 is 3.17 bits per heavy atom. The Morgan fingerprint density at radius 2 is 2.39 bits per heavy atom. The second kappa shape index (κ2) is 4.18. The molecule has 1 aliphatic rings. The molecule has 92 valence electrons. The summed E-state index contributed by atoms with van der Waals surface area (Å²) in [6, 6.07) is 5.69. The SMILES string of the molecule is Cc1[nH]ncc1C(=O)Nc1ccc2c(c1)CCO2. The summed E-state index contributed by atoms with van der Waals surface area (Å²) >= 11 is 0. The van der Waals surface area contributed by atoms with Gasteiger partial charge in [0.1, 0.15) is 5.75 Å². The number of aromatic nitrogens is 2. The van der Waals surface area contributed by atoms with Gasteiger partial charge in [0.05, 0.1) is 18.4 Å². The molecule has 1 amide bonds. The number of H-pyrrole nitrogens is 1. The fourth-order valence-corrected chi connectivity index (χ4v) is 2.04. The van der Waals surface area contributed by atoms with Crippen molar-refractivity contribution in [1.29, 1.82) is 0 Å². The number of amides is 1. The minimum Gasteiger partial charge on any atom is -0.493 e. The number of fused-ring (bicyclic) bond motifs is 1. The zero-order valence-electron chi connectivity index (χ0n) is 9.99. The summed E-state index contributed by atoms with van der Waals surface area (Å²) in [5.41, 5.74) is 3.24. The molecule has 2 N–H and O–H groups in total. The number of nitrogens with zero attached hydrogens (tertiary/aromatic N) is 1. The zero-order chi connectivity index (χ0) is 12.5. The molecule has 5 nitrogen and oxygen atoms in total. The van der Waals surface area contributed by atoms with E-state index >= 15 is 0 Å². The third-order valence-electron chi connectivity index (χ3n) is 3.02. The van der Waals surface area contributed by atoms with Gasteiger partial charge in [0.2, 0.25) is 0 Å². The molecule has 18 heavy (non-hydrogen) atoms. The van der Waals surface area contributed by atoms with E-state index in [1.165, 1.54) is 6.20 Å². The number of benzene rings is 1. The molecule has 0 spiro atoms. The Balaban J connectivity index is 1.81. The minimum absolute atomic E-state index is 0.153. The van der Waals surface area contributed by atoms with Crippen molar-refractivity contribution >= 4 is 11.6 Å². The highest BCUT2D eigenvalue weighted by molar-refractivity contribution is 6.04. The van der Waals surface area contributed by atoms with Crippen molar-refractivity contribution in [3.8, 4) is 5.75 Å². The van der Waals surface area contributed by atoms with Gasteiger partial charge in [-0.1, -0.05) is 0 Å². The average molecular weight is 243 g/mol. The number of nitrogens with one attached hydrogen (secondary N) is 2. The summed E-state index contributed by atoms with van der Waals surface area (Å²) in [5, 5.41) is 9.44. The van der Waals surface area contributed by atoms with Crippen molar-refractivity contribution in [3.05, 3.63) is 41.2 Å². The van der Waals surface area contributed by atoms with Gasteiger partial charge in [-0.15, -0.1) is 0 Å². The Bertz CT molecular complexity index is 604. The van der Waals surface area contributed by atoms with E-state index in [2.05, 4.69) is 15.5 Å². The summed E-state index contributed by atoms with van der Waals surface area (Å²) < 4.78 is 5.42. The van der Waals surface area contributed by atoms with Gasteiger partial charge in [0.15, 0.2) is 0 Å². The third kappa shape index (κ3) is 1.84. The quantitative estimate of drug-likeness (QED) is 0.846. The van der Waals surface area contributed by atoms with E-state index in [0.29, 0.717) is 12.2 Å². The molecule has 1 aromatic carbocycles. The molecule has 0 fully saturated rings. The topological polar surface area (TPSA) is 67.0 Å². The predicted octanol–water partition coefficient (Wildman–Crippen LogP) is 1.91. The van der Waals surface area contributed by atoms with E-state index in [4.69, 9.17) is 4.74 Å². The van der Waals surface area contributed by atoms with Gasteiger partial charge in [-0.3, -0.25) is 9.89 Å². The fourth-order valence-electron chi connectivity index (χ4n) is 2.04. The summed E-state index contributed by atoms with van der Waals surface area (Å²) in [6.45, 7) is 2.53. The van der Waals surface area contributed by atoms with Gasteiger partial charge < -0.3 is 10.1 Å². The Kier molecular flexibility index (Phi) is 2.51. The molecule has 0 unspecified atom stereocenters. The zero-order valence-corrected chi connectivity index (χ0v) is 9.99. The molecule has 5 heteroatoms. The van der Waals surface area contributed by atoms with Gasteiger partial charge in [-0.05, 0) is 30.7 Å². The maximum atomic E-state index is 12.0. The summed E-state index contributed by atoms with van der Waals surface area (Å²) in [4.78, 5) is 12.0. The monoisotopic (exact) mass is 243 g/mol. The standard InChI is InChI=1S/C13H13N3O2/c1-8-11(7-14-16-8)13(17)15-10-2-3-12-9(6-10)4-5-18-12/h2-3,6-7H,4-5H2,1H3,(H,14,16)(H,15,17). The van der Waals surface area contributed by atoms with E-state index in [1.54, 1.807) is 0 Å². The number of aromatic amines is 1. The number of aryl methyl sites for hydroxylation is 1. The van der Waals surface area contributed by atoms with Crippen LogP contribution in [0.5, 0.6) is 5.75 Å². The molecule has 0 saturated heterocycles. The van der Waals surface area contributed by atoms with Crippen LogP contribution in [0.2, 0.25) is 0 Å². The second-order valence-electron chi connectivity index (χ2n) is 4.28. The number of hydrogen-bond acceptors (Lipinski definition) is 3. The first-order valence-corrected chi connectivity index (χ1v) is 5.81. The van der Waals surface area contributed by atoms with Crippen LogP contribution in [0, 0.1) is 6.92 Å². The first-order valence-electron chi connectivity index (χ1n) is 5.81. The second-order valence-corrected chi connectivity index (χ2v) is 4.28. The molecule has 2 heterocycles. The number of ether oxygens (including phenoxy) is 1. The Morgan fingerprint density at radius 1 is 1.50 bits per heavy atom. The van der Waals surface area contributed by atoms with E-state index in [-0.39, 0.29) is 5.91 Å². The summed E-state index contributed by atoms with van der Waals surface area (Å²) in [7, 11) is 0. The van der Waals surface area contributed by atoms with Crippen LogP contribution in [0.3, 0.4) is 0 Å². The largest absolute Gasteiger partial charge is 0.493 e. The van der Waals surface area contributed by atoms with Crippen molar-refractivity contribution in [1.82, 2.24) is 10.2 Å². The fraction of sp³-hybridized carbons (Fsp3) is 0.231. The third-order valence-corrected chi connectivity index (χ3v) is 3.02. The average Bonchev–Trinajstić information content (AvgIpc) is 2.96. The molecule has 0 radical (unpaired) electrons. The first-order chi connectivity index (χ1) is 8.74. The lowest BCUT2D eigenvalue weighted by molar-refractivity contribution is 0.102. The lowest BCUT2D eigenvalue weighted by Crippen LogP contribution is -2.12. The molecule has 0 saturated carbocycles. The molecular formula is C13H13N3O2. The molecule has 0 aliphatic carbocycles. The van der Waals surface area contributed by atoms with Crippen LogP contribution in [0.4, 0.5) is 5.69 Å². The molecule has 2 aromatic rings. The normalized spacial score (nSPS) is 12.9. The van der Waals surface area contributed by atoms with Gasteiger partial charge in [-0.2, -0.15) is 5.10 Å². The van der Waals surface area contributed by atoms with Crippen molar-refractivity contribution in [2.45, 2.75) is 13.3 Å². The van der Waals surface area contributed by atoms with Gasteiger partial charge in [0, 0.05) is 17.8 Å². The van der Waals surface area contributed by atoms with Crippen LogP contribution in [-0.2, 0) is 6.42 Å². The van der Waals surface area contributed by atoms with Crippen LogP contribution >= 0.6 is 0 Å². The smallest absolute Gasteiger partial charge is 0.259 e. The molecular weight excluding hydrogens is 230 g/mol. The number of rotatable bonds is 2. The van der Waals surface area contributed by atoms with E-state index in [9.17, 15) is 4.79 Å². The Labute approximate surface area is 104 Å². The van der Waals surface area contributed by atoms with Crippen molar-refractivity contribution < 1.29 is 9.53 Å². The van der Waals surface area contributed by atoms with E-state index in [1.807, 2.05) is 25.1 Å².